The second-order valence-corrected chi connectivity index (χ2v) is 9.06. The van der Waals surface area contributed by atoms with E-state index < -0.39 is 18.1 Å². The summed E-state index contributed by atoms with van der Waals surface area (Å²) >= 11 is 6.05. The number of carboxylic acid groups (broad SMARTS) is 1. The lowest BCUT2D eigenvalue weighted by atomic mass is 9.98. The number of carbonyl (C=O) groups is 2. The summed E-state index contributed by atoms with van der Waals surface area (Å²) in [5, 5.41) is 12.8. The van der Waals surface area contributed by atoms with E-state index in [2.05, 4.69) is 22.4 Å². The number of ether oxygens (including phenoxy) is 1. The van der Waals surface area contributed by atoms with Crippen LogP contribution in [0.25, 0.3) is 22.4 Å². The number of nitrogens with one attached hydrogen (secondary N) is 1. The molecule has 36 heavy (non-hydrogen) atoms. The fourth-order valence-corrected chi connectivity index (χ4v) is 4.77. The maximum Gasteiger partial charge on any atom is 0.407 e. The highest BCUT2D eigenvalue weighted by Crippen LogP contribution is 2.44. The van der Waals surface area contributed by atoms with Crippen LogP contribution in [0, 0.1) is 0 Å². The minimum atomic E-state index is -1.15. The third kappa shape index (κ3) is 4.95. The van der Waals surface area contributed by atoms with Gasteiger partial charge in [-0.15, -0.1) is 0 Å². The molecule has 1 amide bonds. The van der Waals surface area contributed by atoms with Gasteiger partial charge in [-0.25, -0.2) is 9.59 Å². The maximum absolute atomic E-state index is 12.6. The van der Waals surface area contributed by atoms with Crippen molar-refractivity contribution in [1.82, 2.24) is 10.3 Å². The lowest BCUT2D eigenvalue weighted by Crippen LogP contribution is -2.42. The standard InChI is InChI=1S/C29H23ClN2O4/c30-20-7-5-6-19(15-20)26-13-12-18(16-31-26)14-27(28(33)34)32-29(35)36-17-25-23-10-3-1-8-21(23)22-9-2-4-11-24(22)25/h1-13,15-16,25,27H,14,17H2,(H,32,35)(H,33,34)/t27-/m0/s1. The van der Waals surface area contributed by atoms with Crippen molar-refractivity contribution in [2.45, 2.75) is 18.4 Å². The molecule has 7 heteroatoms. The van der Waals surface area contributed by atoms with Gasteiger partial charge in [0.1, 0.15) is 12.6 Å². The second kappa shape index (κ2) is 10.2. The van der Waals surface area contributed by atoms with Gasteiger partial charge in [-0.2, -0.15) is 0 Å². The molecule has 0 fully saturated rings. The molecule has 0 bridgehead atoms. The first-order valence-electron chi connectivity index (χ1n) is 11.5. The normalized spacial score (nSPS) is 12.9. The first-order chi connectivity index (χ1) is 17.5. The number of benzene rings is 3. The molecular formula is C29H23ClN2O4. The molecule has 0 radical (unpaired) electrons. The van der Waals surface area contributed by atoms with Crippen LogP contribution in [0.2, 0.25) is 5.02 Å². The highest BCUT2D eigenvalue weighted by molar-refractivity contribution is 6.30. The van der Waals surface area contributed by atoms with E-state index in [1.807, 2.05) is 54.6 Å². The molecule has 0 spiro atoms. The number of hydrogen-bond donors (Lipinski definition) is 2. The van der Waals surface area contributed by atoms with Gasteiger partial charge < -0.3 is 15.2 Å². The van der Waals surface area contributed by atoms with E-state index in [9.17, 15) is 14.7 Å². The first kappa shape index (κ1) is 23.6. The van der Waals surface area contributed by atoms with Gasteiger partial charge in [0.05, 0.1) is 5.69 Å². The van der Waals surface area contributed by atoms with Gasteiger partial charge in [-0.05, 0) is 46.0 Å². The number of halogens is 1. The van der Waals surface area contributed by atoms with Crippen LogP contribution in [0.1, 0.15) is 22.6 Å². The number of carbonyl (C=O) groups excluding carboxylic acids is 1. The van der Waals surface area contributed by atoms with Gasteiger partial charge >= 0.3 is 12.1 Å². The van der Waals surface area contributed by atoms with E-state index in [-0.39, 0.29) is 18.9 Å². The highest BCUT2D eigenvalue weighted by atomic mass is 35.5. The van der Waals surface area contributed by atoms with E-state index >= 15 is 0 Å². The van der Waals surface area contributed by atoms with Gasteiger partial charge in [-0.1, -0.05) is 78.3 Å². The molecule has 180 valence electrons. The number of hydrogen-bond acceptors (Lipinski definition) is 4. The summed E-state index contributed by atoms with van der Waals surface area (Å²) in [5.74, 6) is -1.25. The Labute approximate surface area is 213 Å². The van der Waals surface area contributed by atoms with Crippen LogP contribution in [-0.4, -0.2) is 34.8 Å². The van der Waals surface area contributed by atoms with Crippen molar-refractivity contribution in [1.29, 1.82) is 0 Å². The quantitative estimate of drug-likeness (QED) is 0.329. The Morgan fingerprint density at radius 2 is 1.64 bits per heavy atom. The number of aliphatic carboxylic acids is 1. The van der Waals surface area contributed by atoms with Crippen LogP contribution in [-0.2, 0) is 16.0 Å². The molecule has 1 heterocycles. The minimum absolute atomic E-state index is 0.0718. The van der Waals surface area contributed by atoms with E-state index in [4.69, 9.17) is 16.3 Å². The Kier molecular flexibility index (Phi) is 6.69. The summed E-state index contributed by atoms with van der Waals surface area (Å²) in [6, 6.07) is 25.8. The Morgan fingerprint density at radius 3 is 2.25 bits per heavy atom. The third-order valence-electron chi connectivity index (χ3n) is 6.32. The van der Waals surface area contributed by atoms with Gasteiger partial charge in [0.2, 0.25) is 0 Å². The summed E-state index contributed by atoms with van der Waals surface area (Å²) in [6.07, 6.45) is 0.904. The smallest absolute Gasteiger partial charge is 0.407 e. The number of carboxylic acids is 1. The van der Waals surface area contributed by atoms with Crippen molar-refractivity contribution in [3.63, 3.8) is 0 Å². The van der Waals surface area contributed by atoms with Crippen LogP contribution in [0.4, 0.5) is 4.79 Å². The maximum atomic E-state index is 12.6. The number of pyridine rings is 1. The molecule has 0 saturated carbocycles. The first-order valence-corrected chi connectivity index (χ1v) is 11.9. The van der Waals surface area contributed by atoms with Crippen molar-refractivity contribution >= 4 is 23.7 Å². The van der Waals surface area contributed by atoms with Crippen LogP contribution < -0.4 is 5.32 Å². The topological polar surface area (TPSA) is 88.5 Å². The highest BCUT2D eigenvalue weighted by Gasteiger charge is 2.29. The van der Waals surface area contributed by atoms with Crippen molar-refractivity contribution in [3.05, 3.63) is 113 Å². The molecule has 2 N–H and O–H groups in total. The SMILES string of the molecule is O=C(N[C@@H](Cc1ccc(-c2cccc(Cl)c2)nc1)C(=O)O)OCC1c2ccccc2-c2ccccc21. The zero-order valence-corrected chi connectivity index (χ0v) is 20.0. The molecular weight excluding hydrogens is 476 g/mol. The number of nitrogens with zero attached hydrogens (tertiary/aromatic N) is 1. The molecule has 4 aromatic rings. The average molecular weight is 499 g/mol. The second-order valence-electron chi connectivity index (χ2n) is 8.63. The Bertz CT molecular complexity index is 1380. The fraction of sp³-hybridized carbons (Fsp3) is 0.138. The van der Waals surface area contributed by atoms with E-state index in [0.717, 1.165) is 33.5 Å². The van der Waals surface area contributed by atoms with Crippen LogP contribution in [0.15, 0.2) is 91.1 Å². The zero-order chi connectivity index (χ0) is 25.1. The van der Waals surface area contributed by atoms with Gasteiger partial charge in [-0.3, -0.25) is 4.98 Å². The summed E-state index contributed by atoms with van der Waals surface area (Å²) in [5.41, 5.74) is 6.68. The van der Waals surface area contributed by atoms with Crippen LogP contribution >= 0.6 is 11.6 Å². The molecule has 0 saturated heterocycles. The van der Waals surface area contributed by atoms with Gasteiger partial charge in [0.25, 0.3) is 0 Å². The fourth-order valence-electron chi connectivity index (χ4n) is 4.58. The number of aromatic nitrogens is 1. The molecule has 1 aromatic heterocycles. The number of fused-ring (bicyclic) bond motifs is 3. The molecule has 1 atom stereocenters. The van der Waals surface area contributed by atoms with Gasteiger partial charge in [0, 0.05) is 29.1 Å². The lowest BCUT2D eigenvalue weighted by Gasteiger charge is -2.17. The van der Waals surface area contributed by atoms with Crippen molar-refractivity contribution < 1.29 is 19.4 Å². The predicted molar refractivity (Wildman–Crippen MR) is 138 cm³/mol. The van der Waals surface area contributed by atoms with E-state index in [1.54, 1.807) is 24.4 Å². The predicted octanol–water partition coefficient (Wildman–Crippen LogP) is 5.94. The lowest BCUT2D eigenvalue weighted by molar-refractivity contribution is -0.139. The largest absolute Gasteiger partial charge is 0.480 e. The molecule has 3 aromatic carbocycles. The molecule has 0 aliphatic heterocycles. The molecule has 1 aliphatic carbocycles. The van der Waals surface area contributed by atoms with Crippen molar-refractivity contribution in [2.75, 3.05) is 6.61 Å². The van der Waals surface area contributed by atoms with Gasteiger partial charge in [0.15, 0.2) is 0 Å². The summed E-state index contributed by atoms with van der Waals surface area (Å²) in [7, 11) is 0. The zero-order valence-electron chi connectivity index (χ0n) is 19.2. The van der Waals surface area contributed by atoms with Crippen molar-refractivity contribution in [2.24, 2.45) is 0 Å². The number of rotatable bonds is 7. The van der Waals surface area contributed by atoms with Crippen LogP contribution in [0.5, 0.6) is 0 Å². The molecule has 0 unspecified atom stereocenters. The minimum Gasteiger partial charge on any atom is -0.480 e. The Balaban J connectivity index is 1.23. The summed E-state index contributed by atoms with van der Waals surface area (Å²) in [6.45, 7) is 0.113. The third-order valence-corrected chi connectivity index (χ3v) is 6.55. The van der Waals surface area contributed by atoms with E-state index in [0.29, 0.717) is 10.6 Å². The summed E-state index contributed by atoms with van der Waals surface area (Å²) in [4.78, 5) is 28.8. The summed E-state index contributed by atoms with van der Waals surface area (Å²) < 4.78 is 5.50. The van der Waals surface area contributed by atoms with Crippen molar-refractivity contribution in [3.8, 4) is 22.4 Å². The Hall–Kier alpha value is -4.16. The number of alkyl carbamates (subject to hydrolysis) is 1. The Morgan fingerprint density at radius 1 is 0.944 bits per heavy atom. The average Bonchev–Trinajstić information content (AvgIpc) is 3.21. The molecule has 1 aliphatic rings. The molecule has 5 rings (SSSR count). The monoisotopic (exact) mass is 498 g/mol. The number of amides is 1. The van der Waals surface area contributed by atoms with Crippen LogP contribution in [0.3, 0.4) is 0 Å². The van der Waals surface area contributed by atoms with E-state index in [1.165, 1.54) is 0 Å². The molecule has 6 nitrogen and oxygen atoms in total.